The summed E-state index contributed by atoms with van der Waals surface area (Å²) in [4.78, 5) is 16.4. The second-order valence-electron chi connectivity index (χ2n) is 7.40. The SMILES string of the molecule is COc1cc(/C=C2/SC(=S)N(c3cccc(SC)c3)C2=O)ccc1OCc1ccc(C)cc1. The van der Waals surface area contributed by atoms with E-state index in [0.717, 1.165) is 21.7 Å². The highest BCUT2D eigenvalue weighted by atomic mass is 32.2. The molecule has 0 radical (unpaired) electrons. The zero-order valence-corrected chi connectivity index (χ0v) is 21.0. The van der Waals surface area contributed by atoms with Crippen LogP contribution in [0.25, 0.3) is 6.08 Å². The summed E-state index contributed by atoms with van der Waals surface area (Å²) < 4.78 is 12.0. The van der Waals surface area contributed by atoms with Crippen LogP contribution in [0, 0.1) is 6.92 Å². The molecule has 0 atom stereocenters. The van der Waals surface area contributed by atoms with Gasteiger partial charge in [-0.2, -0.15) is 0 Å². The minimum absolute atomic E-state index is 0.123. The molecule has 1 aliphatic heterocycles. The number of carbonyl (C=O) groups is 1. The average Bonchev–Trinajstić information content (AvgIpc) is 3.11. The lowest BCUT2D eigenvalue weighted by molar-refractivity contribution is -0.113. The van der Waals surface area contributed by atoms with E-state index >= 15 is 0 Å². The van der Waals surface area contributed by atoms with E-state index in [9.17, 15) is 4.79 Å². The Morgan fingerprint density at radius 2 is 1.85 bits per heavy atom. The Labute approximate surface area is 208 Å². The molecular formula is C26H23NO3S3. The van der Waals surface area contributed by atoms with E-state index in [1.807, 2.05) is 66.9 Å². The first-order valence-corrected chi connectivity index (χ1v) is 12.7. The molecule has 33 heavy (non-hydrogen) atoms. The number of anilines is 1. The summed E-state index contributed by atoms with van der Waals surface area (Å²) >= 11 is 8.44. The summed E-state index contributed by atoms with van der Waals surface area (Å²) in [5.74, 6) is 1.14. The molecule has 4 nitrogen and oxygen atoms in total. The van der Waals surface area contributed by atoms with E-state index in [0.29, 0.717) is 27.3 Å². The van der Waals surface area contributed by atoms with E-state index in [4.69, 9.17) is 21.7 Å². The molecule has 0 saturated carbocycles. The molecule has 1 amide bonds. The second kappa shape index (κ2) is 10.5. The maximum atomic E-state index is 13.1. The Morgan fingerprint density at radius 1 is 1.06 bits per heavy atom. The number of carbonyl (C=O) groups excluding carboxylic acids is 1. The van der Waals surface area contributed by atoms with Crippen molar-refractivity contribution in [3.05, 3.63) is 88.3 Å². The number of ether oxygens (including phenoxy) is 2. The van der Waals surface area contributed by atoms with Gasteiger partial charge in [0.05, 0.1) is 17.7 Å². The lowest BCUT2D eigenvalue weighted by Crippen LogP contribution is -2.27. The van der Waals surface area contributed by atoms with Crippen molar-refractivity contribution >= 4 is 57.7 Å². The smallest absolute Gasteiger partial charge is 0.270 e. The molecule has 1 saturated heterocycles. The minimum atomic E-state index is -0.123. The number of nitrogens with zero attached hydrogens (tertiary/aromatic N) is 1. The van der Waals surface area contributed by atoms with Crippen molar-refractivity contribution in [3.63, 3.8) is 0 Å². The van der Waals surface area contributed by atoms with Crippen LogP contribution in [0.5, 0.6) is 11.5 Å². The predicted molar refractivity (Wildman–Crippen MR) is 142 cm³/mol. The van der Waals surface area contributed by atoms with Gasteiger partial charge in [0, 0.05) is 4.90 Å². The van der Waals surface area contributed by atoms with Gasteiger partial charge in [-0.25, -0.2) is 0 Å². The summed E-state index contributed by atoms with van der Waals surface area (Å²) in [6.45, 7) is 2.51. The Bertz CT molecular complexity index is 1220. The van der Waals surface area contributed by atoms with Gasteiger partial charge in [0.15, 0.2) is 15.8 Å². The third-order valence-corrected chi connectivity index (χ3v) is 7.13. The zero-order chi connectivity index (χ0) is 23.4. The number of hydrogen-bond acceptors (Lipinski definition) is 6. The van der Waals surface area contributed by atoms with Crippen LogP contribution in [-0.2, 0) is 11.4 Å². The molecule has 3 aromatic rings. The molecule has 4 rings (SSSR count). The van der Waals surface area contributed by atoms with Crippen molar-refractivity contribution in [2.45, 2.75) is 18.4 Å². The third-order valence-electron chi connectivity index (χ3n) is 5.11. The van der Waals surface area contributed by atoms with Crippen molar-refractivity contribution in [2.24, 2.45) is 0 Å². The number of amides is 1. The van der Waals surface area contributed by atoms with Crippen molar-refractivity contribution in [3.8, 4) is 11.5 Å². The fourth-order valence-corrected chi connectivity index (χ4v) is 5.08. The van der Waals surface area contributed by atoms with E-state index in [1.54, 1.807) is 23.8 Å². The Balaban J connectivity index is 1.52. The lowest BCUT2D eigenvalue weighted by Gasteiger charge is -2.15. The topological polar surface area (TPSA) is 38.8 Å². The molecule has 0 aliphatic carbocycles. The van der Waals surface area contributed by atoms with Crippen LogP contribution in [0.3, 0.4) is 0 Å². The van der Waals surface area contributed by atoms with Crippen molar-refractivity contribution in [1.29, 1.82) is 0 Å². The molecule has 0 spiro atoms. The highest BCUT2D eigenvalue weighted by Gasteiger charge is 2.33. The molecule has 0 N–H and O–H groups in total. The molecule has 0 unspecified atom stereocenters. The lowest BCUT2D eigenvalue weighted by atomic mass is 10.1. The van der Waals surface area contributed by atoms with E-state index in [-0.39, 0.29) is 5.91 Å². The molecule has 168 valence electrons. The fourth-order valence-electron chi connectivity index (χ4n) is 3.33. The van der Waals surface area contributed by atoms with Gasteiger partial charge in [-0.05, 0) is 60.7 Å². The first-order chi connectivity index (χ1) is 16.0. The number of rotatable bonds is 7. The highest BCUT2D eigenvalue weighted by molar-refractivity contribution is 8.27. The third kappa shape index (κ3) is 5.43. The minimum Gasteiger partial charge on any atom is -0.493 e. The monoisotopic (exact) mass is 493 g/mol. The van der Waals surface area contributed by atoms with Crippen LogP contribution in [-0.4, -0.2) is 23.6 Å². The number of hydrogen-bond donors (Lipinski definition) is 0. The van der Waals surface area contributed by atoms with Crippen LogP contribution in [0.2, 0.25) is 0 Å². The second-order valence-corrected chi connectivity index (χ2v) is 9.96. The number of thiocarbonyl (C=S) groups is 1. The summed E-state index contributed by atoms with van der Waals surface area (Å²) in [6.07, 6.45) is 3.84. The van der Waals surface area contributed by atoms with Gasteiger partial charge in [-0.1, -0.05) is 65.9 Å². The molecule has 1 heterocycles. The fraction of sp³-hybridized carbons (Fsp3) is 0.154. The highest BCUT2D eigenvalue weighted by Crippen LogP contribution is 2.38. The first kappa shape index (κ1) is 23.4. The summed E-state index contributed by atoms with van der Waals surface area (Å²) in [6, 6.07) is 21.7. The van der Waals surface area contributed by atoms with Crippen molar-refractivity contribution in [1.82, 2.24) is 0 Å². The van der Waals surface area contributed by atoms with Gasteiger partial charge < -0.3 is 9.47 Å². The van der Waals surface area contributed by atoms with Crippen LogP contribution < -0.4 is 14.4 Å². The summed E-state index contributed by atoms with van der Waals surface area (Å²) in [5.41, 5.74) is 3.92. The van der Waals surface area contributed by atoms with Gasteiger partial charge in [-0.15, -0.1) is 11.8 Å². The van der Waals surface area contributed by atoms with E-state index in [1.165, 1.54) is 17.3 Å². The largest absolute Gasteiger partial charge is 0.493 e. The van der Waals surface area contributed by atoms with Crippen LogP contribution >= 0.6 is 35.7 Å². The molecule has 1 aliphatic rings. The summed E-state index contributed by atoms with van der Waals surface area (Å²) in [5, 5.41) is 0. The van der Waals surface area contributed by atoms with Gasteiger partial charge in [0.25, 0.3) is 5.91 Å². The van der Waals surface area contributed by atoms with Crippen molar-refractivity contribution < 1.29 is 14.3 Å². The standard InChI is InChI=1S/C26H23NO3S3/c1-17-7-9-18(10-8-17)16-30-22-12-11-19(13-23(22)29-2)14-24-25(28)27(26(31)33-24)20-5-4-6-21(15-20)32-3/h4-15H,16H2,1-3H3/b24-14+. The average molecular weight is 494 g/mol. The van der Waals surface area contributed by atoms with Gasteiger partial charge in [-0.3, -0.25) is 9.69 Å². The molecule has 1 fully saturated rings. The van der Waals surface area contributed by atoms with Crippen LogP contribution in [0.1, 0.15) is 16.7 Å². The van der Waals surface area contributed by atoms with Gasteiger partial charge in [0.1, 0.15) is 6.61 Å². The zero-order valence-electron chi connectivity index (χ0n) is 18.5. The molecular weight excluding hydrogens is 470 g/mol. The molecule has 7 heteroatoms. The quantitative estimate of drug-likeness (QED) is 0.207. The normalized spacial score (nSPS) is 14.8. The van der Waals surface area contributed by atoms with Gasteiger partial charge >= 0.3 is 0 Å². The van der Waals surface area contributed by atoms with Gasteiger partial charge in [0.2, 0.25) is 0 Å². The molecule has 0 aromatic heterocycles. The first-order valence-electron chi connectivity index (χ1n) is 10.3. The number of aryl methyl sites for hydroxylation is 1. The Kier molecular flexibility index (Phi) is 7.42. The Morgan fingerprint density at radius 3 is 2.58 bits per heavy atom. The number of benzene rings is 3. The van der Waals surface area contributed by atoms with Crippen LogP contribution in [0.4, 0.5) is 5.69 Å². The predicted octanol–water partition coefficient (Wildman–Crippen LogP) is 6.71. The van der Waals surface area contributed by atoms with Crippen molar-refractivity contribution in [2.75, 3.05) is 18.3 Å². The molecule has 3 aromatic carbocycles. The van der Waals surface area contributed by atoms with Crippen LogP contribution in [0.15, 0.2) is 76.5 Å². The summed E-state index contributed by atoms with van der Waals surface area (Å²) in [7, 11) is 1.61. The number of methoxy groups -OCH3 is 1. The number of thioether (sulfide) groups is 2. The Hall–Kier alpha value is -2.74. The maximum Gasteiger partial charge on any atom is 0.270 e. The van der Waals surface area contributed by atoms with E-state index in [2.05, 4.69) is 19.1 Å². The van der Waals surface area contributed by atoms with E-state index < -0.39 is 0 Å². The maximum absolute atomic E-state index is 13.1. The molecule has 0 bridgehead atoms.